The average Bonchev–Trinajstić information content (AvgIpc) is 2.16. The minimum absolute atomic E-state index is 0.0456. The number of rotatable bonds is 5. The van der Waals surface area contributed by atoms with E-state index in [0.717, 1.165) is 0 Å². The Morgan fingerprint density at radius 1 is 1.50 bits per heavy atom. The molecule has 0 fully saturated rings. The van der Waals surface area contributed by atoms with Crippen molar-refractivity contribution in [3.8, 4) is 0 Å². The van der Waals surface area contributed by atoms with Gasteiger partial charge in [-0.15, -0.1) is 22.0 Å². The van der Waals surface area contributed by atoms with Crippen molar-refractivity contribution < 1.29 is 14.7 Å². The predicted octanol–water partition coefficient (Wildman–Crippen LogP) is 0.531. The van der Waals surface area contributed by atoms with Crippen molar-refractivity contribution in [1.29, 1.82) is 0 Å². The van der Waals surface area contributed by atoms with Crippen LogP contribution in [0.25, 0.3) is 0 Å². The van der Waals surface area contributed by atoms with E-state index in [1.807, 2.05) is 0 Å². The Morgan fingerprint density at radius 3 is 2.62 bits per heavy atom. The molecule has 1 atom stereocenters. The summed E-state index contributed by atoms with van der Waals surface area (Å²) in [5, 5.41) is 16.4. The number of thioether (sulfide) groups is 1. The van der Waals surface area contributed by atoms with E-state index in [0.29, 0.717) is 5.03 Å². The Balaban J connectivity index is 2.61. The van der Waals surface area contributed by atoms with Crippen LogP contribution in [0, 0.1) is 0 Å². The summed E-state index contributed by atoms with van der Waals surface area (Å²) in [7, 11) is 0. The second-order valence-corrected chi connectivity index (χ2v) is 4.61. The number of hydrogen-bond acceptors (Lipinski definition) is 5. The van der Waals surface area contributed by atoms with Gasteiger partial charge in [-0.2, -0.15) is 0 Å². The van der Waals surface area contributed by atoms with E-state index in [1.54, 1.807) is 13.0 Å². The zero-order chi connectivity index (χ0) is 12.1. The summed E-state index contributed by atoms with van der Waals surface area (Å²) >= 11 is 1.29. The molecule has 1 rings (SSSR count). The third-order valence-corrected chi connectivity index (χ3v) is 2.70. The van der Waals surface area contributed by atoms with E-state index in [1.165, 1.54) is 17.8 Å². The highest BCUT2D eigenvalue weighted by Gasteiger charge is 2.11. The first-order valence-corrected chi connectivity index (χ1v) is 5.39. The van der Waals surface area contributed by atoms with E-state index in [4.69, 9.17) is 10.8 Å². The van der Waals surface area contributed by atoms with E-state index in [9.17, 15) is 9.59 Å². The van der Waals surface area contributed by atoms with Gasteiger partial charge in [-0.1, -0.05) is 6.92 Å². The number of carboxylic acids is 1. The standard InChI is InChI=1S/C9H11N3O3S/c1-5(4-8(13)14)16-7-3-2-6(9(10)15)11-12-7/h2-3,5H,4H2,1H3,(H2,10,15)(H,13,14). The van der Waals surface area contributed by atoms with Gasteiger partial charge in [0.15, 0.2) is 5.69 Å². The van der Waals surface area contributed by atoms with E-state index >= 15 is 0 Å². The number of nitrogens with two attached hydrogens (primary N) is 1. The van der Waals surface area contributed by atoms with Crippen molar-refractivity contribution in [3.63, 3.8) is 0 Å². The van der Waals surface area contributed by atoms with E-state index < -0.39 is 11.9 Å². The van der Waals surface area contributed by atoms with Crippen LogP contribution in [-0.2, 0) is 4.79 Å². The Kier molecular flexibility index (Phi) is 4.24. The molecule has 0 aromatic carbocycles. The lowest BCUT2D eigenvalue weighted by atomic mass is 10.3. The summed E-state index contributed by atoms with van der Waals surface area (Å²) < 4.78 is 0. The quantitative estimate of drug-likeness (QED) is 0.728. The molecule has 86 valence electrons. The topological polar surface area (TPSA) is 106 Å². The van der Waals surface area contributed by atoms with Crippen LogP contribution in [0.2, 0.25) is 0 Å². The fraction of sp³-hybridized carbons (Fsp3) is 0.333. The van der Waals surface area contributed by atoms with Gasteiger partial charge in [0.1, 0.15) is 5.03 Å². The molecular formula is C9H11N3O3S. The number of carboxylic acid groups (broad SMARTS) is 1. The maximum absolute atomic E-state index is 10.7. The zero-order valence-electron chi connectivity index (χ0n) is 8.58. The van der Waals surface area contributed by atoms with Gasteiger partial charge in [-0.3, -0.25) is 9.59 Å². The average molecular weight is 241 g/mol. The van der Waals surface area contributed by atoms with Crippen LogP contribution >= 0.6 is 11.8 Å². The van der Waals surface area contributed by atoms with Gasteiger partial charge in [0.25, 0.3) is 5.91 Å². The maximum Gasteiger partial charge on any atom is 0.304 e. The number of primary amides is 1. The van der Waals surface area contributed by atoms with E-state index in [-0.39, 0.29) is 17.4 Å². The first-order chi connectivity index (χ1) is 7.49. The molecule has 1 heterocycles. The smallest absolute Gasteiger partial charge is 0.304 e. The molecule has 0 aliphatic heterocycles. The minimum Gasteiger partial charge on any atom is -0.481 e. The largest absolute Gasteiger partial charge is 0.481 e. The highest BCUT2D eigenvalue weighted by molar-refractivity contribution is 7.99. The van der Waals surface area contributed by atoms with Crippen LogP contribution in [0.5, 0.6) is 0 Å². The first-order valence-electron chi connectivity index (χ1n) is 4.51. The van der Waals surface area contributed by atoms with Crippen molar-refractivity contribution in [2.24, 2.45) is 5.73 Å². The number of hydrogen-bond donors (Lipinski definition) is 2. The van der Waals surface area contributed by atoms with Crippen LogP contribution in [0.3, 0.4) is 0 Å². The normalized spacial score (nSPS) is 12.1. The number of carbonyl (C=O) groups is 2. The van der Waals surface area contributed by atoms with Gasteiger partial charge >= 0.3 is 5.97 Å². The predicted molar refractivity (Wildman–Crippen MR) is 58.1 cm³/mol. The van der Waals surface area contributed by atoms with Crippen molar-refractivity contribution in [2.45, 2.75) is 23.6 Å². The van der Waals surface area contributed by atoms with Crippen molar-refractivity contribution in [3.05, 3.63) is 17.8 Å². The third kappa shape index (κ3) is 3.85. The molecule has 0 spiro atoms. The van der Waals surface area contributed by atoms with Crippen molar-refractivity contribution in [1.82, 2.24) is 10.2 Å². The van der Waals surface area contributed by atoms with Gasteiger partial charge in [-0.25, -0.2) is 0 Å². The Hall–Kier alpha value is -1.63. The van der Waals surface area contributed by atoms with Crippen LogP contribution in [0.15, 0.2) is 17.2 Å². The number of carbonyl (C=O) groups excluding carboxylic acids is 1. The Morgan fingerprint density at radius 2 is 2.19 bits per heavy atom. The highest BCUT2D eigenvalue weighted by Crippen LogP contribution is 2.22. The molecule has 0 aliphatic rings. The highest BCUT2D eigenvalue weighted by atomic mass is 32.2. The molecule has 1 aromatic heterocycles. The van der Waals surface area contributed by atoms with Crippen LogP contribution in [-0.4, -0.2) is 32.4 Å². The third-order valence-electron chi connectivity index (χ3n) is 1.68. The molecule has 0 aliphatic carbocycles. The molecule has 3 N–H and O–H groups in total. The minimum atomic E-state index is -0.860. The molecule has 0 bridgehead atoms. The van der Waals surface area contributed by atoms with Gasteiger partial charge in [0.2, 0.25) is 0 Å². The summed E-state index contributed by atoms with van der Waals surface area (Å²) in [6, 6.07) is 3.06. The lowest BCUT2D eigenvalue weighted by Gasteiger charge is -2.06. The molecule has 0 radical (unpaired) electrons. The fourth-order valence-corrected chi connectivity index (χ4v) is 1.88. The summed E-state index contributed by atoms with van der Waals surface area (Å²) in [5.41, 5.74) is 5.10. The van der Waals surface area contributed by atoms with Crippen LogP contribution < -0.4 is 5.73 Å². The lowest BCUT2D eigenvalue weighted by Crippen LogP contribution is -2.13. The lowest BCUT2D eigenvalue weighted by molar-refractivity contribution is -0.136. The van der Waals surface area contributed by atoms with E-state index in [2.05, 4.69) is 10.2 Å². The Bertz CT molecular complexity index is 393. The Labute approximate surface area is 96.2 Å². The van der Waals surface area contributed by atoms with Crippen LogP contribution in [0.4, 0.5) is 0 Å². The van der Waals surface area contributed by atoms with Crippen molar-refractivity contribution >= 4 is 23.6 Å². The molecular weight excluding hydrogens is 230 g/mol. The number of nitrogens with zero attached hydrogens (tertiary/aromatic N) is 2. The summed E-state index contributed by atoms with van der Waals surface area (Å²) in [5.74, 6) is -1.50. The number of aliphatic carboxylic acids is 1. The SMILES string of the molecule is CC(CC(=O)O)Sc1ccc(C(N)=O)nn1. The monoisotopic (exact) mass is 241 g/mol. The molecule has 7 heteroatoms. The van der Waals surface area contributed by atoms with Gasteiger partial charge in [0.05, 0.1) is 6.42 Å². The molecule has 6 nitrogen and oxygen atoms in total. The molecule has 1 unspecified atom stereocenters. The summed E-state index contributed by atoms with van der Waals surface area (Å²) in [6.45, 7) is 1.78. The first kappa shape index (κ1) is 12.4. The molecule has 1 aromatic rings. The van der Waals surface area contributed by atoms with Gasteiger partial charge in [0, 0.05) is 5.25 Å². The molecule has 0 saturated heterocycles. The second-order valence-electron chi connectivity index (χ2n) is 3.15. The molecule has 16 heavy (non-hydrogen) atoms. The molecule has 0 saturated carbocycles. The number of aromatic nitrogens is 2. The second kappa shape index (κ2) is 5.45. The molecule has 1 amide bonds. The van der Waals surface area contributed by atoms with Gasteiger partial charge in [-0.05, 0) is 12.1 Å². The van der Waals surface area contributed by atoms with Crippen molar-refractivity contribution in [2.75, 3.05) is 0 Å². The summed E-state index contributed by atoms with van der Waals surface area (Å²) in [4.78, 5) is 21.1. The van der Waals surface area contributed by atoms with Crippen LogP contribution in [0.1, 0.15) is 23.8 Å². The fourth-order valence-electron chi connectivity index (χ4n) is 1.01. The zero-order valence-corrected chi connectivity index (χ0v) is 9.40. The van der Waals surface area contributed by atoms with Gasteiger partial charge < -0.3 is 10.8 Å². The summed E-state index contributed by atoms with van der Waals surface area (Å²) in [6.07, 6.45) is 0.0456. The maximum atomic E-state index is 10.7. The number of amides is 1.